The maximum atomic E-state index is 11.2. The first-order valence-corrected chi connectivity index (χ1v) is 6.10. The van der Waals surface area contributed by atoms with Crippen molar-refractivity contribution in [3.63, 3.8) is 0 Å². The fourth-order valence-corrected chi connectivity index (χ4v) is 2.19. The van der Waals surface area contributed by atoms with Crippen molar-refractivity contribution in [2.75, 3.05) is 25.1 Å². The fraction of sp³-hybridized carbons (Fsp3) is 0.462. The number of hydrogen-bond donors (Lipinski definition) is 1. The Kier molecular flexibility index (Phi) is 3.85. The molecule has 1 aromatic heterocycles. The second-order valence-corrected chi connectivity index (χ2v) is 4.53. The van der Waals surface area contributed by atoms with Crippen LogP contribution in [0.25, 0.3) is 0 Å². The number of anilines is 1. The van der Waals surface area contributed by atoms with Gasteiger partial charge < -0.3 is 15.0 Å². The molecule has 6 nitrogen and oxygen atoms in total. The number of methoxy groups -OCH3 is 1. The summed E-state index contributed by atoms with van der Waals surface area (Å²) in [6.45, 7) is 3.34. The number of hydrogen-bond acceptors (Lipinski definition) is 5. The minimum atomic E-state index is -0.415. The van der Waals surface area contributed by atoms with Gasteiger partial charge in [-0.3, -0.25) is 0 Å². The van der Waals surface area contributed by atoms with Crippen molar-refractivity contribution in [3.05, 3.63) is 23.4 Å². The van der Waals surface area contributed by atoms with E-state index in [1.165, 1.54) is 7.11 Å². The maximum Gasteiger partial charge on any atom is 0.407 e. The first-order chi connectivity index (χ1) is 9.12. The molecule has 1 aliphatic rings. The van der Waals surface area contributed by atoms with Gasteiger partial charge >= 0.3 is 6.09 Å². The molecule has 6 heteroatoms. The quantitative estimate of drug-likeness (QED) is 0.864. The lowest BCUT2D eigenvalue weighted by Crippen LogP contribution is -2.37. The lowest BCUT2D eigenvalue weighted by molar-refractivity contribution is 0.167. The van der Waals surface area contributed by atoms with Crippen LogP contribution in [0.5, 0.6) is 0 Å². The Hall–Kier alpha value is -2.29. The first kappa shape index (κ1) is 13.1. The number of carbonyl (C=O) groups excluding carboxylic acids is 1. The van der Waals surface area contributed by atoms with Gasteiger partial charge in [0.05, 0.1) is 24.8 Å². The number of nitriles is 1. The van der Waals surface area contributed by atoms with Gasteiger partial charge in [-0.15, -0.1) is 0 Å². The minimum absolute atomic E-state index is 0.0558. The summed E-state index contributed by atoms with van der Waals surface area (Å²) in [4.78, 5) is 17.6. The van der Waals surface area contributed by atoms with Crippen LogP contribution in [-0.4, -0.2) is 37.3 Å². The first-order valence-electron chi connectivity index (χ1n) is 6.10. The smallest absolute Gasteiger partial charge is 0.407 e. The lowest BCUT2D eigenvalue weighted by Gasteiger charge is -2.18. The number of pyridine rings is 1. The molecule has 1 atom stereocenters. The SMILES string of the molecule is COC(=O)NC1CCN(c2cc(C#N)cc(C)n2)C1. The van der Waals surface area contributed by atoms with E-state index in [0.717, 1.165) is 24.5 Å². The molecule has 2 rings (SSSR count). The molecule has 1 aliphatic heterocycles. The van der Waals surface area contributed by atoms with E-state index in [-0.39, 0.29) is 6.04 Å². The third-order valence-electron chi connectivity index (χ3n) is 3.09. The molecule has 0 saturated carbocycles. The Labute approximate surface area is 112 Å². The monoisotopic (exact) mass is 260 g/mol. The van der Waals surface area contributed by atoms with E-state index in [4.69, 9.17) is 5.26 Å². The van der Waals surface area contributed by atoms with Crippen LogP contribution in [0.15, 0.2) is 12.1 Å². The van der Waals surface area contributed by atoms with Crippen molar-refractivity contribution in [3.8, 4) is 6.07 Å². The number of nitrogens with zero attached hydrogens (tertiary/aromatic N) is 3. The van der Waals surface area contributed by atoms with Gasteiger partial charge in [0.2, 0.25) is 0 Å². The zero-order valence-electron chi connectivity index (χ0n) is 11.0. The third kappa shape index (κ3) is 3.13. The highest BCUT2D eigenvalue weighted by Gasteiger charge is 2.25. The van der Waals surface area contributed by atoms with E-state index in [1.807, 2.05) is 6.92 Å². The fourth-order valence-electron chi connectivity index (χ4n) is 2.19. The number of ether oxygens (including phenoxy) is 1. The molecule has 1 amide bonds. The van der Waals surface area contributed by atoms with Crippen molar-refractivity contribution >= 4 is 11.9 Å². The molecule has 0 aliphatic carbocycles. The number of alkyl carbamates (subject to hydrolysis) is 1. The molecule has 0 spiro atoms. The van der Waals surface area contributed by atoms with E-state index in [2.05, 4.69) is 26.0 Å². The summed E-state index contributed by atoms with van der Waals surface area (Å²) in [6, 6.07) is 5.71. The van der Waals surface area contributed by atoms with E-state index < -0.39 is 6.09 Å². The Morgan fingerprint density at radius 3 is 3.11 bits per heavy atom. The van der Waals surface area contributed by atoms with Crippen LogP contribution < -0.4 is 10.2 Å². The molecule has 0 radical (unpaired) electrons. The van der Waals surface area contributed by atoms with Crippen LogP contribution in [0.2, 0.25) is 0 Å². The average Bonchev–Trinajstić information content (AvgIpc) is 2.86. The normalized spacial score (nSPS) is 17.9. The van der Waals surface area contributed by atoms with Crippen molar-refractivity contribution in [2.45, 2.75) is 19.4 Å². The van der Waals surface area contributed by atoms with Gasteiger partial charge in [-0.05, 0) is 25.5 Å². The van der Waals surface area contributed by atoms with Crippen molar-refractivity contribution < 1.29 is 9.53 Å². The Morgan fingerprint density at radius 1 is 1.63 bits per heavy atom. The molecule has 100 valence electrons. The van der Waals surface area contributed by atoms with Crippen LogP contribution in [0.1, 0.15) is 17.7 Å². The highest BCUT2D eigenvalue weighted by Crippen LogP contribution is 2.20. The van der Waals surface area contributed by atoms with Gasteiger partial charge in [0, 0.05) is 18.8 Å². The molecular formula is C13H16N4O2. The standard InChI is InChI=1S/C13H16N4O2/c1-9-5-10(7-14)6-12(15-9)17-4-3-11(8-17)16-13(18)19-2/h5-6,11H,3-4,8H2,1-2H3,(H,16,18). The molecule has 1 N–H and O–H groups in total. The van der Waals surface area contributed by atoms with E-state index >= 15 is 0 Å². The molecule has 0 aromatic carbocycles. The van der Waals surface area contributed by atoms with Crippen LogP contribution in [0, 0.1) is 18.3 Å². The maximum absolute atomic E-state index is 11.2. The number of aryl methyl sites for hydroxylation is 1. The zero-order valence-corrected chi connectivity index (χ0v) is 11.0. The third-order valence-corrected chi connectivity index (χ3v) is 3.09. The number of amides is 1. The molecule has 19 heavy (non-hydrogen) atoms. The molecule has 1 saturated heterocycles. The Morgan fingerprint density at radius 2 is 2.42 bits per heavy atom. The van der Waals surface area contributed by atoms with Crippen molar-refractivity contribution in [1.82, 2.24) is 10.3 Å². The number of rotatable bonds is 2. The summed E-state index contributed by atoms with van der Waals surface area (Å²) in [6.07, 6.45) is 0.425. The number of aromatic nitrogens is 1. The van der Waals surface area contributed by atoms with E-state index in [9.17, 15) is 4.79 Å². The molecule has 0 bridgehead atoms. The molecule has 2 heterocycles. The molecule has 1 fully saturated rings. The van der Waals surface area contributed by atoms with Crippen LogP contribution >= 0.6 is 0 Å². The van der Waals surface area contributed by atoms with E-state index in [1.54, 1.807) is 12.1 Å². The topological polar surface area (TPSA) is 78.2 Å². The average molecular weight is 260 g/mol. The van der Waals surface area contributed by atoms with Gasteiger partial charge in [-0.2, -0.15) is 5.26 Å². The highest BCUT2D eigenvalue weighted by molar-refractivity contribution is 5.67. The van der Waals surface area contributed by atoms with Gasteiger partial charge in [-0.25, -0.2) is 9.78 Å². The van der Waals surface area contributed by atoms with Gasteiger partial charge in [0.15, 0.2) is 0 Å². The predicted octanol–water partition coefficient (Wildman–Crippen LogP) is 1.20. The van der Waals surface area contributed by atoms with Gasteiger partial charge in [0.1, 0.15) is 5.82 Å². The summed E-state index contributed by atoms with van der Waals surface area (Å²) in [5, 5.41) is 11.7. The second-order valence-electron chi connectivity index (χ2n) is 4.53. The summed E-state index contributed by atoms with van der Waals surface area (Å²) in [5.74, 6) is 0.783. The minimum Gasteiger partial charge on any atom is -0.453 e. The van der Waals surface area contributed by atoms with Crippen molar-refractivity contribution in [1.29, 1.82) is 5.26 Å². The Balaban J connectivity index is 2.06. The number of nitrogens with one attached hydrogen (secondary N) is 1. The lowest BCUT2D eigenvalue weighted by atomic mass is 10.2. The van der Waals surface area contributed by atoms with Crippen LogP contribution in [0.4, 0.5) is 10.6 Å². The summed E-state index contributed by atoms with van der Waals surface area (Å²) >= 11 is 0. The highest BCUT2D eigenvalue weighted by atomic mass is 16.5. The van der Waals surface area contributed by atoms with Crippen LogP contribution in [0.3, 0.4) is 0 Å². The van der Waals surface area contributed by atoms with Gasteiger partial charge in [0.25, 0.3) is 0 Å². The van der Waals surface area contributed by atoms with E-state index in [0.29, 0.717) is 12.1 Å². The molecule has 1 aromatic rings. The summed E-state index contributed by atoms with van der Waals surface area (Å²) < 4.78 is 4.58. The molecular weight excluding hydrogens is 244 g/mol. The second kappa shape index (κ2) is 5.57. The van der Waals surface area contributed by atoms with Crippen LogP contribution in [-0.2, 0) is 4.74 Å². The summed E-state index contributed by atoms with van der Waals surface area (Å²) in [5.41, 5.74) is 1.42. The largest absolute Gasteiger partial charge is 0.453 e. The van der Waals surface area contributed by atoms with Crippen molar-refractivity contribution in [2.24, 2.45) is 0 Å². The predicted molar refractivity (Wildman–Crippen MR) is 69.8 cm³/mol. The Bertz CT molecular complexity index is 524. The van der Waals surface area contributed by atoms with Gasteiger partial charge in [-0.1, -0.05) is 0 Å². The summed E-state index contributed by atoms with van der Waals surface area (Å²) in [7, 11) is 1.35. The zero-order chi connectivity index (χ0) is 13.8. The molecule has 1 unspecified atom stereocenters. The number of carbonyl (C=O) groups is 1.